The highest BCUT2D eigenvalue weighted by Crippen LogP contribution is 2.20. The van der Waals surface area contributed by atoms with Crippen molar-refractivity contribution < 1.29 is 20.3 Å². The molecule has 0 amide bonds. The number of nitrogens with zero attached hydrogens (tertiary/aromatic N) is 4. The lowest BCUT2D eigenvalue weighted by molar-refractivity contribution is 0.0895. The van der Waals surface area contributed by atoms with E-state index in [4.69, 9.17) is 13.3 Å². The second-order valence-corrected chi connectivity index (χ2v) is 10.2. The molecule has 0 aliphatic carbocycles. The summed E-state index contributed by atoms with van der Waals surface area (Å²) in [5, 5.41) is 51.4. The van der Waals surface area contributed by atoms with Crippen LogP contribution in [0.15, 0.2) is 48.5 Å². The van der Waals surface area contributed by atoms with Gasteiger partial charge in [0.25, 0.3) is 0 Å². The van der Waals surface area contributed by atoms with Gasteiger partial charge in [-0.15, -0.1) is 0 Å². The summed E-state index contributed by atoms with van der Waals surface area (Å²) in [6.07, 6.45) is 0. The average Bonchev–Trinajstić information content (AvgIpc) is 2.85. The van der Waals surface area contributed by atoms with Crippen LogP contribution in [-0.4, -0.2) is 67.9 Å². The summed E-state index contributed by atoms with van der Waals surface area (Å²) >= 11 is 3.63. The van der Waals surface area contributed by atoms with Crippen molar-refractivity contribution in [3.8, 4) is 12.1 Å². The number of benzene rings is 2. The minimum Gasteiger partial charge on any atom is -0.432 e. The van der Waals surface area contributed by atoms with Crippen molar-refractivity contribution in [2.24, 2.45) is 0 Å². The lowest BCUT2D eigenvalue weighted by Crippen LogP contribution is -2.46. The molecular formula is C25H39B3N4O4S. The number of rotatable bonds is 9. The van der Waals surface area contributed by atoms with Crippen LogP contribution in [-0.2, 0) is 0 Å². The van der Waals surface area contributed by atoms with Crippen LogP contribution in [0.25, 0.3) is 0 Å². The first kappa shape index (κ1) is 30.6. The van der Waals surface area contributed by atoms with Crippen LogP contribution < -0.4 is 9.62 Å². The first-order valence-corrected chi connectivity index (χ1v) is 12.3. The lowest BCUT2D eigenvalue weighted by Gasteiger charge is -2.31. The Kier molecular flexibility index (Phi) is 13.5. The fraction of sp³-hybridized carbons (Fsp3) is 0.440. The lowest BCUT2D eigenvalue weighted by atomic mass is 9.82. The predicted octanol–water partition coefficient (Wildman–Crippen LogP) is 2.81. The Morgan fingerprint density at radius 3 is 1.41 bits per heavy atom. The van der Waals surface area contributed by atoms with Gasteiger partial charge in [-0.2, -0.15) is 10.5 Å². The van der Waals surface area contributed by atoms with Crippen molar-refractivity contribution >= 4 is 44.5 Å². The number of nitriles is 2. The third kappa shape index (κ3) is 14.7. The molecule has 0 aliphatic rings. The molecule has 2 rings (SSSR count). The van der Waals surface area contributed by atoms with Crippen molar-refractivity contribution in [3.05, 3.63) is 59.7 Å². The normalized spacial score (nSPS) is 11.1. The topological polar surface area (TPSA) is 135 Å². The summed E-state index contributed by atoms with van der Waals surface area (Å²) in [6, 6.07) is 17.9. The van der Waals surface area contributed by atoms with E-state index in [9.17, 15) is 15.2 Å². The van der Waals surface area contributed by atoms with Crippen LogP contribution in [0.2, 0.25) is 20.5 Å². The Morgan fingerprint density at radius 2 is 1.19 bits per heavy atom. The standard InChI is InChI=1S/2C12H17BN2O2.CH5BS/c2*1-12(2,16)9-15(13(3)17)11-6-4-10(8-14)5-7-11;1-2-3/h2*4-7,16-17H,9H2,1-3H3;2-3H,1H3/i16T;;2D. The van der Waals surface area contributed by atoms with E-state index in [1.165, 1.54) is 0 Å². The Morgan fingerprint density at radius 1 is 0.892 bits per heavy atom. The van der Waals surface area contributed by atoms with Gasteiger partial charge >= 0.3 is 14.1 Å². The molecule has 0 heterocycles. The maximum Gasteiger partial charge on any atom is 0.409 e. The highest BCUT2D eigenvalue weighted by Gasteiger charge is 2.25. The van der Waals surface area contributed by atoms with Gasteiger partial charge in [0.2, 0.25) is 1.43 Å². The van der Waals surface area contributed by atoms with Crippen molar-refractivity contribution in [2.45, 2.75) is 59.4 Å². The van der Waals surface area contributed by atoms with E-state index >= 15 is 0 Å². The van der Waals surface area contributed by atoms with Crippen LogP contribution in [0, 0.1) is 22.7 Å². The summed E-state index contributed by atoms with van der Waals surface area (Å²) in [4.78, 5) is 3.40. The summed E-state index contributed by atoms with van der Waals surface area (Å²) in [7, 11) is -1.40. The van der Waals surface area contributed by atoms with Gasteiger partial charge in [-0.25, -0.2) is 12.5 Å². The molecule has 8 nitrogen and oxygen atoms in total. The van der Waals surface area contributed by atoms with Crippen molar-refractivity contribution in [1.29, 1.82) is 13.3 Å². The molecule has 0 spiro atoms. The maximum absolute atomic E-state index is 9.80. The van der Waals surface area contributed by atoms with Gasteiger partial charge in [-0.3, -0.25) is 0 Å². The summed E-state index contributed by atoms with van der Waals surface area (Å²) in [6.45, 7) is 12.4. The number of thiol groups is 1. The fourth-order valence-electron chi connectivity index (χ4n) is 3.16. The highest BCUT2D eigenvalue weighted by atomic mass is 32.1. The third-order valence-electron chi connectivity index (χ3n) is 4.67. The molecule has 0 saturated heterocycles. The van der Waals surface area contributed by atoms with Crippen LogP contribution in [0.1, 0.15) is 38.8 Å². The number of aliphatic hydroxyl groups is 2. The van der Waals surface area contributed by atoms with E-state index in [0.29, 0.717) is 24.2 Å². The quantitative estimate of drug-likeness (QED) is 0.249. The molecule has 198 valence electrons. The van der Waals surface area contributed by atoms with Crippen molar-refractivity contribution in [3.63, 3.8) is 0 Å². The largest absolute Gasteiger partial charge is 0.432 e. The Labute approximate surface area is 231 Å². The van der Waals surface area contributed by atoms with Crippen LogP contribution in [0.4, 0.5) is 11.4 Å². The second kappa shape index (κ2) is 16.3. The predicted molar refractivity (Wildman–Crippen MR) is 159 cm³/mol. The SMILES string of the molecule is CB(O)N(CC(C)(C)O)c1ccc(C#N)cc1.[2H]B(C)S.[3H]OC(C)(C)CN(B(C)O)c1ccc(C#N)cc1. The molecule has 0 bridgehead atoms. The molecule has 0 radical (unpaired) electrons. The molecule has 0 saturated carbocycles. The zero-order chi connectivity index (χ0) is 30.4. The fourth-order valence-corrected chi connectivity index (χ4v) is 3.16. The first-order chi connectivity index (χ1) is 18.0. The van der Waals surface area contributed by atoms with Gasteiger partial charge in [0, 0.05) is 24.5 Å². The van der Waals surface area contributed by atoms with E-state index in [1.807, 2.05) is 12.1 Å². The van der Waals surface area contributed by atoms with Crippen LogP contribution >= 0.6 is 12.5 Å². The van der Waals surface area contributed by atoms with Gasteiger partial charge in [-0.1, -0.05) is 6.82 Å². The molecule has 12 heteroatoms. The summed E-state index contributed by atoms with van der Waals surface area (Å²) in [5.74, 6) is 0. The van der Waals surface area contributed by atoms with Gasteiger partial charge in [0.15, 0.2) is 6.52 Å². The molecule has 0 aromatic heterocycles. The second-order valence-electron chi connectivity index (χ2n) is 9.67. The van der Waals surface area contributed by atoms with Crippen LogP contribution in [0.3, 0.4) is 0 Å². The molecule has 0 fully saturated rings. The van der Waals surface area contributed by atoms with E-state index in [2.05, 4.69) is 17.6 Å². The molecule has 0 unspecified atom stereocenters. The van der Waals surface area contributed by atoms with Crippen molar-refractivity contribution in [1.82, 2.24) is 0 Å². The molecule has 0 aliphatic heterocycles. The van der Waals surface area contributed by atoms with Gasteiger partial charge in [0.05, 0.1) is 34.5 Å². The van der Waals surface area contributed by atoms with E-state index in [-0.39, 0.29) is 6.52 Å². The summed E-state index contributed by atoms with van der Waals surface area (Å²) in [5.41, 5.74) is 1.12. The van der Waals surface area contributed by atoms with Gasteiger partial charge < -0.3 is 29.9 Å². The molecule has 4 N–H and O–H groups in total. The number of hydrogen-bond acceptors (Lipinski definition) is 9. The Bertz CT molecular complexity index is 1060. The third-order valence-corrected chi connectivity index (χ3v) is 4.67. The molecule has 0 atom stereocenters. The smallest absolute Gasteiger partial charge is 0.409 e. The molecule has 2 aromatic rings. The highest BCUT2D eigenvalue weighted by molar-refractivity contribution is 8.06. The molecule has 2 aromatic carbocycles. The summed E-state index contributed by atoms with van der Waals surface area (Å²) < 4.78 is 13.5. The minimum absolute atomic E-state index is 0.222. The average molecular weight is 527 g/mol. The first-order valence-electron chi connectivity index (χ1n) is 12.8. The maximum atomic E-state index is 9.80. The zero-order valence-electron chi connectivity index (χ0n) is 24.8. The molecular weight excluding hydrogens is 485 g/mol. The Hall–Kier alpha value is -2.60. The molecule has 37 heavy (non-hydrogen) atoms. The van der Waals surface area contributed by atoms with Gasteiger partial charge in [0.1, 0.15) is 0 Å². The Balaban J connectivity index is 0.000000652. The van der Waals surface area contributed by atoms with E-state index in [1.54, 1.807) is 106 Å². The van der Waals surface area contributed by atoms with Crippen molar-refractivity contribution in [2.75, 3.05) is 22.7 Å². The van der Waals surface area contributed by atoms with Gasteiger partial charge in [-0.05, 0) is 91.2 Å². The van der Waals surface area contributed by atoms with Crippen LogP contribution in [0.5, 0.6) is 0 Å². The van der Waals surface area contributed by atoms with E-state index < -0.39 is 25.3 Å². The number of anilines is 2. The minimum atomic E-state index is -0.898. The zero-order valence-corrected chi connectivity index (χ0v) is 23.6. The van der Waals surface area contributed by atoms with E-state index in [0.717, 1.165) is 11.4 Å². The number of hydrogen-bond donors (Lipinski definition) is 5. The monoisotopic (exact) mass is 527 g/mol.